The largest absolute Gasteiger partial charge is 0.398 e. The molecule has 4 nitrogen and oxygen atoms in total. The first-order valence-corrected chi connectivity index (χ1v) is 6.75. The molecule has 0 radical (unpaired) electrons. The van der Waals surface area contributed by atoms with Gasteiger partial charge >= 0.3 is 0 Å². The monoisotopic (exact) mass is 299 g/mol. The lowest BCUT2D eigenvalue weighted by atomic mass is 10.1. The second-order valence-corrected chi connectivity index (χ2v) is 4.95. The third-order valence-corrected chi connectivity index (χ3v) is 3.34. The number of nitriles is 1. The number of benzene rings is 2. The van der Waals surface area contributed by atoms with Crippen LogP contribution in [0.5, 0.6) is 0 Å². The number of hydrogen-bond donors (Lipinski definition) is 1. The third kappa shape index (κ3) is 3.74. The summed E-state index contributed by atoms with van der Waals surface area (Å²) in [4.78, 5) is 13.9. The van der Waals surface area contributed by atoms with Crippen LogP contribution in [0.1, 0.15) is 15.9 Å². The Labute approximate surface area is 128 Å². The van der Waals surface area contributed by atoms with E-state index in [9.17, 15) is 4.79 Å². The van der Waals surface area contributed by atoms with Crippen LogP contribution in [0.2, 0.25) is 5.02 Å². The number of nitrogens with zero attached hydrogens (tertiary/aromatic N) is 2. The average Bonchev–Trinajstić information content (AvgIpc) is 2.50. The molecular formula is C16H14ClN3O. The van der Waals surface area contributed by atoms with Crippen LogP contribution >= 0.6 is 11.6 Å². The van der Waals surface area contributed by atoms with E-state index in [1.807, 2.05) is 36.4 Å². The fourth-order valence-corrected chi connectivity index (χ4v) is 2.11. The van der Waals surface area contributed by atoms with Gasteiger partial charge in [0.1, 0.15) is 6.54 Å². The molecular weight excluding hydrogens is 286 g/mol. The third-order valence-electron chi connectivity index (χ3n) is 3.01. The van der Waals surface area contributed by atoms with Crippen molar-refractivity contribution in [2.75, 3.05) is 12.3 Å². The van der Waals surface area contributed by atoms with Crippen LogP contribution in [-0.2, 0) is 6.54 Å². The molecule has 0 spiro atoms. The molecule has 0 aliphatic carbocycles. The van der Waals surface area contributed by atoms with Gasteiger partial charge in [0.05, 0.1) is 16.8 Å². The Morgan fingerprint density at radius 1 is 1.24 bits per heavy atom. The first kappa shape index (κ1) is 14.9. The van der Waals surface area contributed by atoms with E-state index in [-0.39, 0.29) is 12.5 Å². The van der Waals surface area contributed by atoms with E-state index >= 15 is 0 Å². The van der Waals surface area contributed by atoms with Gasteiger partial charge < -0.3 is 10.6 Å². The molecule has 0 bridgehead atoms. The maximum Gasteiger partial charge on any atom is 0.255 e. The predicted octanol–water partition coefficient (Wildman–Crippen LogP) is 3.09. The van der Waals surface area contributed by atoms with Crippen molar-refractivity contribution in [1.29, 1.82) is 5.26 Å². The molecule has 0 saturated carbocycles. The zero-order chi connectivity index (χ0) is 15.2. The van der Waals surface area contributed by atoms with Crippen LogP contribution in [0, 0.1) is 11.3 Å². The Morgan fingerprint density at radius 3 is 2.57 bits per heavy atom. The summed E-state index contributed by atoms with van der Waals surface area (Å²) in [6.45, 7) is 0.380. The molecule has 2 N–H and O–H groups in total. The minimum Gasteiger partial charge on any atom is -0.398 e. The van der Waals surface area contributed by atoms with Gasteiger partial charge in [-0.2, -0.15) is 5.26 Å². The highest BCUT2D eigenvalue weighted by atomic mass is 35.5. The number of nitrogens with two attached hydrogens (primary N) is 1. The summed E-state index contributed by atoms with van der Waals surface area (Å²) in [5, 5.41) is 9.25. The smallest absolute Gasteiger partial charge is 0.255 e. The summed E-state index contributed by atoms with van der Waals surface area (Å²) in [5.41, 5.74) is 7.44. The standard InChI is InChI=1S/C16H14ClN3O/c17-14-10-13(6-7-15(14)19)16(21)20(9-8-18)11-12-4-2-1-3-5-12/h1-7,10H,9,11,19H2. The lowest BCUT2D eigenvalue weighted by Gasteiger charge is -2.20. The van der Waals surface area contributed by atoms with Gasteiger partial charge in [0.15, 0.2) is 0 Å². The second-order valence-electron chi connectivity index (χ2n) is 4.54. The molecule has 0 saturated heterocycles. The average molecular weight is 300 g/mol. The van der Waals surface area contributed by atoms with Crippen LogP contribution in [0.15, 0.2) is 48.5 Å². The number of nitrogen functional groups attached to an aromatic ring is 1. The van der Waals surface area contributed by atoms with Crippen molar-refractivity contribution in [3.05, 3.63) is 64.7 Å². The highest BCUT2D eigenvalue weighted by molar-refractivity contribution is 6.33. The molecule has 0 unspecified atom stereocenters. The Morgan fingerprint density at radius 2 is 1.95 bits per heavy atom. The van der Waals surface area contributed by atoms with E-state index in [1.165, 1.54) is 11.0 Å². The molecule has 106 valence electrons. The van der Waals surface area contributed by atoms with Crippen LogP contribution in [-0.4, -0.2) is 17.4 Å². The minimum atomic E-state index is -0.248. The van der Waals surface area contributed by atoms with Crippen molar-refractivity contribution in [3.8, 4) is 6.07 Å². The molecule has 21 heavy (non-hydrogen) atoms. The topological polar surface area (TPSA) is 70.1 Å². The van der Waals surface area contributed by atoms with Crippen molar-refractivity contribution in [2.45, 2.75) is 6.54 Å². The molecule has 2 rings (SSSR count). The fourth-order valence-electron chi connectivity index (χ4n) is 1.93. The number of carbonyl (C=O) groups excluding carboxylic acids is 1. The van der Waals surface area contributed by atoms with Gasteiger partial charge in [-0.15, -0.1) is 0 Å². The predicted molar refractivity (Wildman–Crippen MR) is 82.7 cm³/mol. The van der Waals surface area contributed by atoms with Crippen LogP contribution < -0.4 is 5.73 Å². The number of halogens is 1. The zero-order valence-electron chi connectivity index (χ0n) is 11.3. The molecule has 0 fully saturated rings. The van der Waals surface area contributed by atoms with Crippen molar-refractivity contribution in [1.82, 2.24) is 4.90 Å². The summed E-state index contributed by atoms with van der Waals surface area (Å²) in [5.74, 6) is -0.248. The highest BCUT2D eigenvalue weighted by Gasteiger charge is 2.16. The van der Waals surface area contributed by atoms with E-state index in [2.05, 4.69) is 0 Å². The summed E-state index contributed by atoms with van der Waals surface area (Å²) in [6.07, 6.45) is 0. The van der Waals surface area contributed by atoms with Gasteiger partial charge in [-0.3, -0.25) is 4.79 Å². The molecule has 0 aliphatic rings. The van der Waals surface area contributed by atoms with Gasteiger partial charge in [0.25, 0.3) is 5.91 Å². The maximum atomic E-state index is 12.5. The number of hydrogen-bond acceptors (Lipinski definition) is 3. The van der Waals surface area contributed by atoms with Crippen molar-refractivity contribution >= 4 is 23.2 Å². The Balaban J connectivity index is 2.23. The first-order valence-electron chi connectivity index (χ1n) is 6.37. The molecule has 0 atom stereocenters. The molecule has 0 heterocycles. The number of amides is 1. The quantitative estimate of drug-likeness (QED) is 0.696. The Hall–Kier alpha value is -2.51. The lowest BCUT2D eigenvalue weighted by molar-refractivity contribution is 0.0765. The van der Waals surface area contributed by atoms with Gasteiger partial charge in [-0.1, -0.05) is 41.9 Å². The minimum absolute atomic E-state index is 0.00965. The molecule has 2 aromatic rings. The first-order chi connectivity index (χ1) is 10.1. The lowest BCUT2D eigenvalue weighted by Crippen LogP contribution is -2.31. The SMILES string of the molecule is N#CCN(Cc1ccccc1)C(=O)c1ccc(N)c(Cl)c1. The van der Waals surface area contributed by atoms with Crippen LogP contribution in [0.3, 0.4) is 0 Å². The van der Waals surface area contributed by atoms with Gasteiger partial charge in [-0.05, 0) is 23.8 Å². The van der Waals surface area contributed by atoms with E-state index in [0.29, 0.717) is 22.8 Å². The van der Waals surface area contributed by atoms with Crippen LogP contribution in [0.4, 0.5) is 5.69 Å². The number of anilines is 1. The van der Waals surface area contributed by atoms with Gasteiger partial charge in [0, 0.05) is 12.1 Å². The summed E-state index contributed by atoms with van der Waals surface area (Å²) in [6, 6.07) is 16.2. The maximum absolute atomic E-state index is 12.5. The van der Waals surface area contributed by atoms with E-state index in [1.54, 1.807) is 12.1 Å². The van der Waals surface area contributed by atoms with E-state index in [4.69, 9.17) is 22.6 Å². The summed E-state index contributed by atoms with van der Waals surface area (Å²) >= 11 is 5.94. The zero-order valence-corrected chi connectivity index (χ0v) is 12.0. The molecule has 2 aromatic carbocycles. The summed E-state index contributed by atoms with van der Waals surface area (Å²) in [7, 11) is 0. The van der Waals surface area contributed by atoms with E-state index in [0.717, 1.165) is 5.56 Å². The van der Waals surface area contributed by atoms with Crippen molar-refractivity contribution in [3.63, 3.8) is 0 Å². The second kappa shape index (κ2) is 6.78. The highest BCUT2D eigenvalue weighted by Crippen LogP contribution is 2.21. The van der Waals surface area contributed by atoms with E-state index < -0.39 is 0 Å². The van der Waals surface area contributed by atoms with Crippen LogP contribution in [0.25, 0.3) is 0 Å². The Kier molecular flexibility index (Phi) is 4.81. The fraction of sp³-hybridized carbons (Fsp3) is 0.125. The van der Waals surface area contributed by atoms with Crippen molar-refractivity contribution < 1.29 is 4.79 Å². The Bertz CT molecular complexity index is 680. The van der Waals surface area contributed by atoms with Crippen molar-refractivity contribution in [2.24, 2.45) is 0 Å². The van der Waals surface area contributed by atoms with Gasteiger partial charge in [-0.25, -0.2) is 0 Å². The molecule has 0 aromatic heterocycles. The summed E-state index contributed by atoms with van der Waals surface area (Å²) < 4.78 is 0. The molecule has 5 heteroatoms. The molecule has 1 amide bonds. The van der Waals surface area contributed by atoms with Gasteiger partial charge in [0.2, 0.25) is 0 Å². The number of carbonyl (C=O) groups is 1. The molecule has 0 aliphatic heterocycles. The number of rotatable bonds is 4. The normalized spacial score (nSPS) is 9.90.